The number of rotatable bonds is 8. The van der Waals surface area contributed by atoms with Gasteiger partial charge in [-0.2, -0.15) is 0 Å². The van der Waals surface area contributed by atoms with Gasteiger partial charge in [0.25, 0.3) is 0 Å². The number of nitrogens with zero attached hydrogens (tertiary/aromatic N) is 1. The maximum absolute atomic E-state index is 5.11. The first kappa shape index (κ1) is 10.9. The van der Waals surface area contributed by atoms with E-state index in [0.717, 1.165) is 39.5 Å². The van der Waals surface area contributed by atoms with Crippen LogP contribution in [0.15, 0.2) is 0 Å². The zero-order valence-electron chi connectivity index (χ0n) is 7.51. The topological polar surface area (TPSA) is 32.6 Å². The molecule has 0 saturated carbocycles. The van der Waals surface area contributed by atoms with Crippen molar-refractivity contribution in [3.05, 3.63) is 0 Å². The Morgan fingerprint density at radius 3 is 1.73 bits per heavy atom. The molecule has 0 amide bonds. The van der Waals surface area contributed by atoms with Crippen LogP contribution >= 0.6 is 0 Å². The Morgan fingerprint density at radius 1 is 0.909 bits per heavy atom. The van der Waals surface area contributed by atoms with Crippen molar-refractivity contribution in [3.63, 3.8) is 0 Å². The average molecular weight is 160 g/mol. The molecule has 11 heavy (non-hydrogen) atoms. The Bertz CT molecular complexity index is 61.1. The van der Waals surface area contributed by atoms with E-state index in [1.807, 2.05) is 13.8 Å². The summed E-state index contributed by atoms with van der Waals surface area (Å²) in [4.78, 5) is 0. The first-order chi connectivity index (χ1) is 5.41. The van der Waals surface area contributed by atoms with Gasteiger partial charge >= 0.3 is 0 Å². The van der Waals surface area contributed by atoms with E-state index >= 15 is 0 Å². The van der Waals surface area contributed by atoms with Crippen molar-refractivity contribution in [2.24, 2.45) is 0 Å². The van der Waals surface area contributed by atoms with E-state index in [9.17, 15) is 0 Å². The molecule has 0 spiro atoms. The minimum atomic E-state index is 0.739. The Morgan fingerprint density at radius 2 is 1.36 bits per heavy atom. The van der Waals surface area contributed by atoms with Crippen LogP contribution in [0.4, 0.5) is 0 Å². The van der Waals surface area contributed by atoms with Crippen LogP contribution in [0.5, 0.6) is 0 Å². The number of hydrogen-bond donors (Lipinski definition) is 0. The van der Waals surface area contributed by atoms with Crippen LogP contribution in [0.25, 0.3) is 0 Å². The van der Waals surface area contributed by atoms with Gasteiger partial charge in [0.1, 0.15) is 0 Å². The minimum absolute atomic E-state index is 0.739. The van der Waals surface area contributed by atoms with Gasteiger partial charge in [-0.05, 0) is 13.8 Å². The summed E-state index contributed by atoms with van der Waals surface area (Å²) in [6.45, 7) is 8.59. The predicted molar refractivity (Wildman–Crippen MR) is 44.9 cm³/mol. The minimum Gasteiger partial charge on any atom is -0.380 e. The zero-order chi connectivity index (χ0) is 8.36. The van der Waals surface area contributed by atoms with Crippen molar-refractivity contribution < 1.29 is 9.47 Å². The summed E-state index contributed by atoms with van der Waals surface area (Å²) in [5, 5.41) is 4.20. The standard InChI is InChI=1S/C8H18NO2/c1-3-10-7-5-9-6-8-11-4-2/h3-8H2,1-2H3. The Hall–Kier alpha value is -0.120. The molecule has 0 heterocycles. The van der Waals surface area contributed by atoms with E-state index < -0.39 is 0 Å². The van der Waals surface area contributed by atoms with Gasteiger partial charge in [0.15, 0.2) is 0 Å². The molecule has 67 valence electrons. The quantitative estimate of drug-likeness (QED) is 0.489. The van der Waals surface area contributed by atoms with Gasteiger partial charge in [-0.25, -0.2) is 5.32 Å². The highest BCUT2D eigenvalue weighted by Gasteiger charge is 1.88. The van der Waals surface area contributed by atoms with Gasteiger partial charge in [0.2, 0.25) is 0 Å². The summed E-state index contributed by atoms with van der Waals surface area (Å²) in [5.74, 6) is 0. The summed E-state index contributed by atoms with van der Waals surface area (Å²) < 4.78 is 10.2. The third kappa shape index (κ3) is 9.88. The molecule has 0 aliphatic carbocycles. The zero-order valence-corrected chi connectivity index (χ0v) is 7.51. The van der Waals surface area contributed by atoms with Crippen LogP contribution in [0.1, 0.15) is 13.8 Å². The van der Waals surface area contributed by atoms with E-state index in [1.165, 1.54) is 0 Å². The van der Waals surface area contributed by atoms with Gasteiger partial charge in [-0.15, -0.1) is 0 Å². The van der Waals surface area contributed by atoms with Crippen molar-refractivity contribution >= 4 is 0 Å². The lowest BCUT2D eigenvalue weighted by atomic mass is 10.6. The average Bonchev–Trinajstić information content (AvgIpc) is 2.03. The summed E-state index contributed by atoms with van der Waals surface area (Å²) in [6.07, 6.45) is 0. The first-order valence-corrected chi connectivity index (χ1v) is 4.20. The van der Waals surface area contributed by atoms with Gasteiger partial charge in [-0.3, -0.25) is 0 Å². The van der Waals surface area contributed by atoms with Gasteiger partial charge in [-0.1, -0.05) is 0 Å². The maximum atomic E-state index is 5.11. The van der Waals surface area contributed by atoms with Crippen molar-refractivity contribution in [2.75, 3.05) is 39.5 Å². The molecule has 0 aromatic heterocycles. The van der Waals surface area contributed by atoms with Crippen LogP contribution in [-0.2, 0) is 9.47 Å². The molecule has 0 saturated heterocycles. The Balaban J connectivity index is 2.69. The summed E-state index contributed by atoms with van der Waals surface area (Å²) in [6, 6.07) is 0. The molecule has 0 aromatic rings. The van der Waals surface area contributed by atoms with Crippen molar-refractivity contribution in [1.82, 2.24) is 5.32 Å². The maximum Gasteiger partial charge on any atom is 0.0607 e. The smallest absolute Gasteiger partial charge is 0.0607 e. The van der Waals surface area contributed by atoms with Crippen molar-refractivity contribution in [1.29, 1.82) is 0 Å². The van der Waals surface area contributed by atoms with Crippen molar-refractivity contribution in [2.45, 2.75) is 13.8 Å². The van der Waals surface area contributed by atoms with Crippen LogP contribution < -0.4 is 5.32 Å². The third-order valence-electron chi connectivity index (χ3n) is 1.20. The van der Waals surface area contributed by atoms with Crippen LogP contribution in [-0.4, -0.2) is 39.5 Å². The molecule has 0 aliphatic heterocycles. The van der Waals surface area contributed by atoms with E-state index in [1.54, 1.807) is 0 Å². The molecule has 0 rings (SSSR count). The summed E-state index contributed by atoms with van der Waals surface area (Å²) >= 11 is 0. The molecule has 0 aliphatic rings. The third-order valence-corrected chi connectivity index (χ3v) is 1.20. The lowest BCUT2D eigenvalue weighted by molar-refractivity contribution is 0.132. The molecule has 0 N–H and O–H groups in total. The first-order valence-electron chi connectivity index (χ1n) is 4.20. The highest BCUT2D eigenvalue weighted by Crippen LogP contribution is 1.74. The van der Waals surface area contributed by atoms with Gasteiger partial charge in [0.05, 0.1) is 13.2 Å². The van der Waals surface area contributed by atoms with Crippen molar-refractivity contribution in [3.8, 4) is 0 Å². The SMILES string of the molecule is CCOCC[N]CCOCC. The Kier molecular flexibility index (Phi) is 9.77. The monoisotopic (exact) mass is 160 g/mol. The molecule has 3 nitrogen and oxygen atoms in total. The fourth-order valence-corrected chi connectivity index (χ4v) is 0.659. The van der Waals surface area contributed by atoms with Crippen LogP contribution in [0.3, 0.4) is 0 Å². The highest BCUT2D eigenvalue weighted by atomic mass is 16.5. The molecule has 3 heteroatoms. The van der Waals surface area contributed by atoms with Crippen LogP contribution in [0.2, 0.25) is 0 Å². The van der Waals surface area contributed by atoms with E-state index in [-0.39, 0.29) is 0 Å². The molecule has 0 atom stereocenters. The number of ether oxygens (including phenoxy) is 2. The van der Waals surface area contributed by atoms with Gasteiger partial charge < -0.3 is 9.47 Å². The molecule has 0 aromatic carbocycles. The molecule has 0 bridgehead atoms. The second-order valence-electron chi connectivity index (χ2n) is 2.06. The largest absolute Gasteiger partial charge is 0.380 e. The fraction of sp³-hybridized carbons (Fsp3) is 1.00. The lowest BCUT2D eigenvalue weighted by Crippen LogP contribution is -2.17. The normalized spacial score (nSPS) is 10.4. The summed E-state index contributed by atoms with van der Waals surface area (Å²) in [5.41, 5.74) is 0. The molecule has 1 radical (unpaired) electrons. The van der Waals surface area contributed by atoms with E-state index in [4.69, 9.17) is 9.47 Å². The number of hydrogen-bond acceptors (Lipinski definition) is 2. The van der Waals surface area contributed by atoms with Gasteiger partial charge in [0, 0.05) is 26.3 Å². The fourth-order valence-electron chi connectivity index (χ4n) is 0.659. The van der Waals surface area contributed by atoms with Crippen LogP contribution in [0, 0.1) is 0 Å². The Labute approximate surface area is 69.1 Å². The predicted octanol–water partition coefficient (Wildman–Crippen LogP) is 0.664. The summed E-state index contributed by atoms with van der Waals surface area (Å²) in [7, 11) is 0. The van der Waals surface area contributed by atoms with E-state index in [0.29, 0.717) is 0 Å². The lowest BCUT2D eigenvalue weighted by Gasteiger charge is -2.02. The second kappa shape index (κ2) is 9.88. The highest BCUT2D eigenvalue weighted by molar-refractivity contribution is 4.43. The molecular weight excluding hydrogens is 142 g/mol. The second-order valence-corrected chi connectivity index (χ2v) is 2.06. The molecular formula is C8H18NO2. The molecule has 0 fully saturated rings. The van der Waals surface area contributed by atoms with E-state index in [2.05, 4.69) is 5.32 Å². The molecule has 0 unspecified atom stereocenters.